The molecule has 0 unspecified atom stereocenters. The molecule has 3 heterocycles. The van der Waals surface area contributed by atoms with Crippen LogP contribution in [0.3, 0.4) is 0 Å². The van der Waals surface area contributed by atoms with Gasteiger partial charge in [0.25, 0.3) is 5.91 Å². The van der Waals surface area contributed by atoms with Crippen LogP contribution >= 0.6 is 0 Å². The van der Waals surface area contributed by atoms with E-state index in [1.165, 1.54) is 18.2 Å². The molecular formula is C26H21FN6O. The average molecular weight is 452 g/mol. The zero-order valence-corrected chi connectivity index (χ0v) is 18.4. The maximum absolute atomic E-state index is 13.4. The third-order valence-electron chi connectivity index (χ3n) is 5.45. The third-order valence-corrected chi connectivity index (χ3v) is 5.45. The van der Waals surface area contributed by atoms with Gasteiger partial charge in [0, 0.05) is 30.2 Å². The number of carbonyl (C=O) groups excluding carboxylic acids is 1. The average Bonchev–Trinajstić information content (AvgIpc) is 3.21. The second kappa shape index (κ2) is 8.74. The molecule has 0 aliphatic rings. The Morgan fingerprint density at radius 1 is 1.06 bits per heavy atom. The molecule has 168 valence electrons. The summed E-state index contributed by atoms with van der Waals surface area (Å²) >= 11 is 0. The number of nitrogens with two attached hydrogens (primary N) is 1. The number of amides is 1. The van der Waals surface area contributed by atoms with Crippen LogP contribution in [0.2, 0.25) is 0 Å². The van der Waals surface area contributed by atoms with Crippen LogP contribution in [0, 0.1) is 12.7 Å². The highest BCUT2D eigenvalue weighted by molar-refractivity contribution is 5.94. The van der Waals surface area contributed by atoms with Gasteiger partial charge in [-0.05, 0) is 66.6 Å². The van der Waals surface area contributed by atoms with Gasteiger partial charge >= 0.3 is 0 Å². The van der Waals surface area contributed by atoms with Crippen molar-refractivity contribution in [2.45, 2.75) is 13.5 Å². The van der Waals surface area contributed by atoms with Crippen molar-refractivity contribution in [1.82, 2.24) is 24.8 Å². The van der Waals surface area contributed by atoms with E-state index in [1.54, 1.807) is 18.5 Å². The number of aryl methyl sites for hydroxylation is 1. The SMILES string of the molecule is Cc1cnc2c(c1)nc(-c1cccnc1N)n2-c1ccc(CNC(=O)c2cccc(F)c2)cc1. The summed E-state index contributed by atoms with van der Waals surface area (Å²) in [4.78, 5) is 25.9. The molecule has 8 heteroatoms. The molecule has 0 fully saturated rings. The summed E-state index contributed by atoms with van der Waals surface area (Å²) in [5, 5.41) is 2.82. The van der Waals surface area contributed by atoms with Crippen LogP contribution in [0.25, 0.3) is 28.2 Å². The Morgan fingerprint density at radius 3 is 2.65 bits per heavy atom. The largest absolute Gasteiger partial charge is 0.383 e. The number of imidazole rings is 1. The van der Waals surface area contributed by atoms with E-state index < -0.39 is 5.82 Å². The highest BCUT2D eigenvalue weighted by Crippen LogP contribution is 2.30. The number of rotatable bonds is 5. The van der Waals surface area contributed by atoms with Gasteiger partial charge in [-0.3, -0.25) is 9.36 Å². The van der Waals surface area contributed by atoms with Crippen LogP contribution in [0.5, 0.6) is 0 Å². The van der Waals surface area contributed by atoms with Gasteiger partial charge in [0.1, 0.15) is 17.2 Å². The number of hydrogen-bond donors (Lipinski definition) is 2. The van der Waals surface area contributed by atoms with Crippen molar-refractivity contribution in [3.63, 3.8) is 0 Å². The number of nitrogens with one attached hydrogen (secondary N) is 1. The summed E-state index contributed by atoms with van der Waals surface area (Å²) in [6.07, 6.45) is 3.44. The molecular weight excluding hydrogens is 431 g/mol. The number of nitrogen functional groups attached to an aromatic ring is 1. The van der Waals surface area contributed by atoms with Gasteiger partial charge in [-0.1, -0.05) is 18.2 Å². The zero-order valence-electron chi connectivity index (χ0n) is 18.4. The van der Waals surface area contributed by atoms with E-state index in [0.29, 0.717) is 29.4 Å². The molecule has 0 aliphatic carbocycles. The van der Waals surface area contributed by atoms with Gasteiger partial charge < -0.3 is 11.1 Å². The fourth-order valence-electron chi connectivity index (χ4n) is 3.77. The minimum absolute atomic E-state index is 0.279. The maximum Gasteiger partial charge on any atom is 0.251 e. The molecule has 0 aliphatic heterocycles. The quantitative estimate of drug-likeness (QED) is 0.411. The van der Waals surface area contributed by atoms with Gasteiger partial charge in [-0.25, -0.2) is 19.3 Å². The molecule has 5 aromatic rings. The highest BCUT2D eigenvalue weighted by Gasteiger charge is 2.18. The third kappa shape index (κ3) is 4.09. The summed E-state index contributed by atoms with van der Waals surface area (Å²) < 4.78 is 15.3. The van der Waals surface area contributed by atoms with Crippen LogP contribution in [0.15, 0.2) is 79.1 Å². The summed E-state index contributed by atoms with van der Waals surface area (Å²) in [6, 6.07) is 19.0. The Labute approximate surface area is 195 Å². The van der Waals surface area contributed by atoms with E-state index >= 15 is 0 Å². The minimum Gasteiger partial charge on any atom is -0.383 e. The van der Waals surface area contributed by atoms with Crippen LogP contribution < -0.4 is 11.1 Å². The lowest BCUT2D eigenvalue weighted by Crippen LogP contribution is -2.22. The molecule has 0 saturated carbocycles. The number of pyridine rings is 2. The van der Waals surface area contributed by atoms with Gasteiger partial charge in [0.2, 0.25) is 0 Å². The Kier molecular flexibility index (Phi) is 5.47. The van der Waals surface area contributed by atoms with E-state index in [-0.39, 0.29) is 11.5 Å². The molecule has 34 heavy (non-hydrogen) atoms. The standard InChI is InChI=1S/C26H21FN6O/c1-16-12-22-25(30-14-16)33(24(32-22)21-6-3-11-29-23(21)28)20-9-7-17(8-10-20)15-31-26(34)18-4-2-5-19(27)13-18/h2-14H,15H2,1H3,(H2,28,29)(H,31,34). The number of anilines is 1. The van der Waals surface area contributed by atoms with Crippen molar-refractivity contribution in [3.05, 3.63) is 102 Å². The van der Waals surface area contributed by atoms with Crippen molar-refractivity contribution < 1.29 is 9.18 Å². The van der Waals surface area contributed by atoms with Crippen molar-refractivity contribution >= 4 is 22.9 Å². The first-order chi connectivity index (χ1) is 16.5. The van der Waals surface area contributed by atoms with Crippen LogP contribution in [-0.4, -0.2) is 25.4 Å². The summed E-state index contributed by atoms with van der Waals surface area (Å²) in [5.74, 6) is 0.245. The molecule has 0 saturated heterocycles. The number of hydrogen-bond acceptors (Lipinski definition) is 5. The first-order valence-electron chi connectivity index (χ1n) is 10.7. The Morgan fingerprint density at radius 2 is 1.88 bits per heavy atom. The van der Waals surface area contributed by atoms with E-state index in [1.807, 2.05) is 54.0 Å². The predicted octanol–water partition coefficient (Wildman–Crippen LogP) is 4.44. The number of fused-ring (bicyclic) bond motifs is 1. The lowest BCUT2D eigenvalue weighted by molar-refractivity contribution is 0.0950. The topological polar surface area (TPSA) is 98.7 Å². The Bertz CT molecular complexity index is 1510. The van der Waals surface area contributed by atoms with Gasteiger partial charge in [-0.15, -0.1) is 0 Å². The van der Waals surface area contributed by atoms with E-state index in [2.05, 4.69) is 15.3 Å². The second-order valence-corrected chi connectivity index (χ2v) is 7.92. The first-order valence-corrected chi connectivity index (χ1v) is 10.7. The Balaban J connectivity index is 1.46. The number of nitrogens with zero attached hydrogens (tertiary/aromatic N) is 4. The summed E-state index contributed by atoms with van der Waals surface area (Å²) in [7, 11) is 0. The monoisotopic (exact) mass is 452 g/mol. The van der Waals surface area contributed by atoms with Gasteiger partial charge in [-0.2, -0.15) is 0 Å². The van der Waals surface area contributed by atoms with E-state index in [0.717, 1.165) is 22.3 Å². The molecule has 0 atom stereocenters. The highest BCUT2D eigenvalue weighted by atomic mass is 19.1. The molecule has 7 nitrogen and oxygen atoms in total. The van der Waals surface area contributed by atoms with E-state index in [9.17, 15) is 9.18 Å². The van der Waals surface area contributed by atoms with Crippen molar-refractivity contribution in [3.8, 4) is 17.1 Å². The van der Waals surface area contributed by atoms with Gasteiger partial charge in [0.15, 0.2) is 11.5 Å². The molecule has 3 N–H and O–H groups in total. The fourth-order valence-corrected chi connectivity index (χ4v) is 3.77. The summed E-state index contributed by atoms with van der Waals surface area (Å²) in [6.45, 7) is 2.27. The zero-order chi connectivity index (χ0) is 23.7. The minimum atomic E-state index is -0.446. The molecule has 1 amide bonds. The lowest BCUT2D eigenvalue weighted by Gasteiger charge is -2.11. The van der Waals surface area contributed by atoms with Crippen molar-refractivity contribution in [2.24, 2.45) is 0 Å². The predicted molar refractivity (Wildman–Crippen MR) is 129 cm³/mol. The number of carbonyl (C=O) groups is 1. The van der Waals surface area contributed by atoms with Crippen LogP contribution in [-0.2, 0) is 6.54 Å². The van der Waals surface area contributed by atoms with Crippen molar-refractivity contribution in [1.29, 1.82) is 0 Å². The van der Waals surface area contributed by atoms with Crippen LogP contribution in [0.1, 0.15) is 21.5 Å². The molecule has 2 aromatic carbocycles. The fraction of sp³-hybridized carbons (Fsp3) is 0.0769. The van der Waals surface area contributed by atoms with Gasteiger partial charge in [0.05, 0.1) is 5.56 Å². The molecule has 0 bridgehead atoms. The van der Waals surface area contributed by atoms with Crippen LogP contribution in [0.4, 0.5) is 10.2 Å². The first kappa shape index (κ1) is 21.3. The summed E-state index contributed by atoms with van der Waals surface area (Å²) in [5.41, 5.74) is 11.3. The maximum atomic E-state index is 13.4. The van der Waals surface area contributed by atoms with E-state index in [4.69, 9.17) is 10.7 Å². The number of aromatic nitrogens is 4. The lowest BCUT2D eigenvalue weighted by atomic mass is 10.1. The normalized spacial score (nSPS) is 11.0. The number of halogens is 1. The smallest absolute Gasteiger partial charge is 0.251 e. The Hall–Kier alpha value is -4.59. The molecule has 5 rings (SSSR count). The van der Waals surface area contributed by atoms with Crippen molar-refractivity contribution in [2.75, 3.05) is 5.73 Å². The molecule has 0 radical (unpaired) electrons. The molecule has 0 spiro atoms. The molecule has 3 aromatic heterocycles. The number of benzene rings is 2. The second-order valence-electron chi connectivity index (χ2n) is 7.92.